The van der Waals surface area contributed by atoms with E-state index in [2.05, 4.69) is 33.1 Å². The molecule has 182 valence electrons. The normalized spacial score (nSPS) is 15.1. The molecule has 1 atom stereocenters. The standard InChI is InChI=1S/C24H36N6O2.HI/c1-4-25-23(27-17-21(22-8-7-15-32-22)30-13-5-6-14-30)26-16-19-9-11-20(12-10-19)29-24(31)28-18(2)3;/h7-12,15,18,21H,4-6,13-14,16-17H2,1-3H3,(H2,25,26,27)(H2,28,29,31);1H. The van der Waals surface area contributed by atoms with Crippen LogP contribution in [0.4, 0.5) is 10.5 Å². The third-order valence-electron chi connectivity index (χ3n) is 5.31. The molecule has 9 heteroatoms. The number of carbonyl (C=O) groups is 1. The molecule has 1 saturated heterocycles. The molecular formula is C24H37IN6O2. The number of halogens is 1. The number of guanidine groups is 1. The molecule has 0 bridgehead atoms. The Morgan fingerprint density at radius 3 is 2.45 bits per heavy atom. The van der Waals surface area contributed by atoms with Crippen molar-refractivity contribution >= 4 is 41.7 Å². The van der Waals surface area contributed by atoms with Gasteiger partial charge in [-0.15, -0.1) is 24.0 Å². The van der Waals surface area contributed by atoms with Crippen molar-refractivity contribution in [3.63, 3.8) is 0 Å². The third-order valence-corrected chi connectivity index (χ3v) is 5.31. The van der Waals surface area contributed by atoms with E-state index in [-0.39, 0.29) is 42.1 Å². The number of amides is 2. The van der Waals surface area contributed by atoms with Gasteiger partial charge in [-0.2, -0.15) is 0 Å². The molecule has 3 rings (SSSR count). The fraction of sp³-hybridized carbons (Fsp3) is 0.500. The molecule has 0 aliphatic carbocycles. The molecule has 1 aromatic carbocycles. The molecule has 2 amide bonds. The summed E-state index contributed by atoms with van der Waals surface area (Å²) in [5, 5.41) is 12.5. The molecular weight excluding hydrogens is 531 g/mol. The Labute approximate surface area is 214 Å². The Bertz CT molecular complexity index is 848. The highest BCUT2D eigenvalue weighted by molar-refractivity contribution is 14.0. The zero-order valence-electron chi connectivity index (χ0n) is 19.8. The summed E-state index contributed by atoms with van der Waals surface area (Å²) in [4.78, 5) is 19.0. The van der Waals surface area contributed by atoms with Crippen molar-refractivity contribution in [3.8, 4) is 0 Å². The van der Waals surface area contributed by atoms with Gasteiger partial charge in [-0.3, -0.25) is 4.90 Å². The number of nitrogens with zero attached hydrogens (tertiary/aromatic N) is 2. The molecule has 0 spiro atoms. The second-order valence-electron chi connectivity index (χ2n) is 8.30. The highest BCUT2D eigenvalue weighted by Gasteiger charge is 2.25. The van der Waals surface area contributed by atoms with Gasteiger partial charge < -0.3 is 25.7 Å². The van der Waals surface area contributed by atoms with Gasteiger partial charge in [-0.1, -0.05) is 12.1 Å². The number of hydrogen-bond donors (Lipinski definition) is 4. The van der Waals surface area contributed by atoms with Gasteiger partial charge in [0.1, 0.15) is 5.76 Å². The van der Waals surface area contributed by atoms with E-state index in [4.69, 9.17) is 9.41 Å². The summed E-state index contributed by atoms with van der Waals surface area (Å²) in [5.41, 5.74) is 1.83. The van der Waals surface area contributed by atoms with Crippen LogP contribution in [-0.4, -0.2) is 49.1 Å². The minimum Gasteiger partial charge on any atom is -0.468 e. The van der Waals surface area contributed by atoms with Crippen LogP contribution in [0.1, 0.15) is 51.0 Å². The number of likely N-dealkylation sites (tertiary alicyclic amines) is 1. The van der Waals surface area contributed by atoms with Crippen LogP contribution in [0.3, 0.4) is 0 Å². The maximum Gasteiger partial charge on any atom is 0.319 e. The summed E-state index contributed by atoms with van der Waals surface area (Å²) in [7, 11) is 0. The number of carbonyl (C=O) groups excluding carboxylic acids is 1. The van der Waals surface area contributed by atoms with Gasteiger partial charge in [0.2, 0.25) is 0 Å². The Hall–Kier alpha value is -2.27. The first kappa shape index (κ1) is 27.0. The van der Waals surface area contributed by atoms with E-state index in [0.717, 1.165) is 49.1 Å². The summed E-state index contributed by atoms with van der Waals surface area (Å²) in [6.45, 7) is 10.2. The van der Waals surface area contributed by atoms with E-state index in [1.54, 1.807) is 6.26 Å². The maximum absolute atomic E-state index is 11.8. The number of urea groups is 1. The van der Waals surface area contributed by atoms with E-state index >= 15 is 0 Å². The number of rotatable bonds is 9. The van der Waals surface area contributed by atoms with Crippen LogP contribution in [0, 0.1) is 0 Å². The Balaban J connectivity index is 0.00000385. The molecule has 1 aliphatic heterocycles. The molecule has 2 heterocycles. The number of anilines is 1. The summed E-state index contributed by atoms with van der Waals surface area (Å²) >= 11 is 0. The first-order valence-corrected chi connectivity index (χ1v) is 11.5. The van der Waals surface area contributed by atoms with Crippen LogP contribution < -0.4 is 21.3 Å². The van der Waals surface area contributed by atoms with Crippen LogP contribution in [-0.2, 0) is 6.54 Å². The van der Waals surface area contributed by atoms with Gasteiger partial charge in [0.25, 0.3) is 0 Å². The second kappa shape index (κ2) is 14.1. The maximum atomic E-state index is 11.8. The number of aliphatic imine (C=N–C) groups is 1. The average molecular weight is 569 g/mol. The molecule has 0 radical (unpaired) electrons. The van der Waals surface area contributed by atoms with Gasteiger partial charge in [0.05, 0.1) is 18.8 Å². The van der Waals surface area contributed by atoms with Crippen molar-refractivity contribution in [2.75, 3.05) is 31.5 Å². The molecule has 8 nitrogen and oxygen atoms in total. The van der Waals surface area contributed by atoms with Crippen molar-refractivity contribution in [1.82, 2.24) is 20.9 Å². The van der Waals surface area contributed by atoms with Crippen LogP contribution in [0.2, 0.25) is 0 Å². The SMILES string of the molecule is CCNC(=NCc1ccc(NC(=O)NC(C)C)cc1)NCC(c1ccco1)N1CCCC1.I. The predicted molar refractivity (Wildman–Crippen MR) is 144 cm³/mol. The van der Waals surface area contributed by atoms with Gasteiger partial charge in [-0.05, 0) is 76.5 Å². The summed E-state index contributed by atoms with van der Waals surface area (Å²) < 4.78 is 5.71. The fourth-order valence-electron chi connectivity index (χ4n) is 3.77. The van der Waals surface area contributed by atoms with Crippen LogP contribution >= 0.6 is 24.0 Å². The highest BCUT2D eigenvalue weighted by Crippen LogP contribution is 2.24. The molecule has 4 N–H and O–H groups in total. The number of hydrogen-bond acceptors (Lipinski definition) is 4. The molecule has 0 saturated carbocycles. The lowest BCUT2D eigenvalue weighted by Crippen LogP contribution is -2.42. The van der Waals surface area contributed by atoms with Crippen molar-refractivity contribution in [2.45, 2.75) is 52.2 Å². The fourth-order valence-corrected chi connectivity index (χ4v) is 3.77. The lowest BCUT2D eigenvalue weighted by molar-refractivity contribution is 0.215. The smallest absolute Gasteiger partial charge is 0.319 e. The topological polar surface area (TPSA) is 93.9 Å². The lowest BCUT2D eigenvalue weighted by atomic mass is 10.2. The molecule has 2 aromatic rings. The van der Waals surface area contributed by atoms with E-state index in [1.165, 1.54) is 12.8 Å². The van der Waals surface area contributed by atoms with E-state index < -0.39 is 0 Å². The van der Waals surface area contributed by atoms with E-state index in [0.29, 0.717) is 6.54 Å². The zero-order chi connectivity index (χ0) is 22.8. The molecule has 1 aromatic heterocycles. The first-order chi connectivity index (χ1) is 15.5. The quantitative estimate of drug-likeness (QED) is 0.206. The number of benzene rings is 1. The Morgan fingerprint density at radius 1 is 1.12 bits per heavy atom. The predicted octanol–water partition coefficient (Wildman–Crippen LogP) is 4.32. The zero-order valence-corrected chi connectivity index (χ0v) is 22.1. The average Bonchev–Trinajstić information content (AvgIpc) is 3.47. The van der Waals surface area contributed by atoms with Gasteiger partial charge in [-0.25, -0.2) is 9.79 Å². The van der Waals surface area contributed by atoms with Crippen LogP contribution in [0.5, 0.6) is 0 Å². The van der Waals surface area contributed by atoms with Gasteiger partial charge >= 0.3 is 6.03 Å². The van der Waals surface area contributed by atoms with Gasteiger partial charge in [0, 0.05) is 24.8 Å². The molecule has 33 heavy (non-hydrogen) atoms. The van der Waals surface area contributed by atoms with Crippen molar-refractivity contribution in [1.29, 1.82) is 0 Å². The molecule has 1 fully saturated rings. The Kier molecular flexibility index (Phi) is 11.5. The minimum absolute atomic E-state index is 0. The summed E-state index contributed by atoms with van der Waals surface area (Å²) in [6, 6.07) is 11.8. The summed E-state index contributed by atoms with van der Waals surface area (Å²) in [6.07, 6.45) is 4.20. The Morgan fingerprint density at radius 2 is 1.85 bits per heavy atom. The van der Waals surface area contributed by atoms with Crippen LogP contribution in [0.25, 0.3) is 0 Å². The largest absolute Gasteiger partial charge is 0.468 e. The van der Waals surface area contributed by atoms with Crippen molar-refractivity contribution in [3.05, 3.63) is 54.0 Å². The van der Waals surface area contributed by atoms with Gasteiger partial charge in [0.15, 0.2) is 5.96 Å². The van der Waals surface area contributed by atoms with Crippen molar-refractivity contribution < 1.29 is 9.21 Å². The first-order valence-electron chi connectivity index (χ1n) is 11.5. The minimum atomic E-state index is -0.200. The number of nitrogens with one attached hydrogen (secondary N) is 4. The van der Waals surface area contributed by atoms with Crippen molar-refractivity contribution in [2.24, 2.45) is 4.99 Å². The third kappa shape index (κ3) is 8.88. The molecule has 1 unspecified atom stereocenters. The second-order valence-corrected chi connectivity index (χ2v) is 8.30. The lowest BCUT2D eigenvalue weighted by Gasteiger charge is -2.26. The van der Waals surface area contributed by atoms with E-state index in [9.17, 15) is 4.79 Å². The van der Waals surface area contributed by atoms with E-state index in [1.807, 2.05) is 50.2 Å². The monoisotopic (exact) mass is 568 g/mol. The molecule has 1 aliphatic rings. The van der Waals surface area contributed by atoms with Crippen LogP contribution in [0.15, 0.2) is 52.1 Å². The number of furan rings is 1. The summed E-state index contributed by atoms with van der Waals surface area (Å²) in [5.74, 6) is 1.77. The highest BCUT2D eigenvalue weighted by atomic mass is 127.